The van der Waals surface area contributed by atoms with Gasteiger partial charge in [0.05, 0.1) is 10.8 Å². The lowest BCUT2D eigenvalue weighted by atomic mass is 9.34. The second-order valence-electron chi connectivity index (χ2n) is 8.64. The summed E-state index contributed by atoms with van der Waals surface area (Å²) < 4.78 is 11.8. The molecule has 6 rings (SSSR count). The van der Waals surface area contributed by atoms with Gasteiger partial charge in [-0.2, -0.15) is 4.98 Å². The van der Waals surface area contributed by atoms with Crippen LogP contribution >= 0.6 is 0 Å². The zero-order valence-corrected chi connectivity index (χ0v) is 16.0. The highest BCUT2D eigenvalue weighted by Crippen LogP contribution is 2.73. The molecule has 6 nitrogen and oxygen atoms in total. The van der Waals surface area contributed by atoms with E-state index < -0.39 is 0 Å². The molecule has 3 fully saturated rings. The highest BCUT2D eigenvalue weighted by molar-refractivity contribution is 5.82. The van der Waals surface area contributed by atoms with Gasteiger partial charge in [-0.15, -0.1) is 0 Å². The number of hydrogen-bond donors (Lipinski definition) is 1. The molecule has 3 aliphatic rings. The van der Waals surface area contributed by atoms with Crippen LogP contribution in [0.15, 0.2) is 25.9 Å². The van der Waals surface area contributed by atoms with Crippen LogP contribution in [0.4, 0.5) is 0 Å². The van der Waals surface area contributed by atoms with Gasteiger partial charge in [0.25, 0.3) is 0 Å². The molecule has 0 spiro atoms. The van der Waals surface area contributed by atoms with E-state index in [4.69, 9.17) is 14.7 Å². The Bertz CT molecular complexity index is 1140. The molecule has 140 valence electrons. The van der Waals surface area contributed by atoms with Gasteiger partial charge in [-0.25, -0.2) is 0 Å². The van der Waals surface area contributed by atoms with E-state index in [1.54, 1.807) is 0 Å². The molecule has 2 N–H and O–H groups in total. The number of fused-ring (bicyclic) bond motifs is 1. The lowest BCUT2D eigenvalue weighted by Gasteiger charge is -2.67. The van der Waals surface area contributed by atoms with Gasteiger partial charge in [-0.3, -0.25) is 4.79 Å². The summed E-state index contributed by atoms with van der Waals surface area (Å²) in [6.45, 7) is 7.60. The van der Waals surface area contributed by atoms with Crippen molar-refractivity contribution in [3.05, 3.63) is 56.5 Å². The highest BCUT2D eigenvalue weighted by Gasteiger charge is 2.73. The molecule has 0 radical (unpaired) electrons. The van der Waals surface area contributed by atoms with E-state index in [2.05, 4.69) is 10.1 Å². The summed E-state index contributed by atoms with van der Waals surface area (Å²) in [4.78, 5) is 17.5. The normalized spacial score (nSPS) is 27.3. The van der Waals surface area contributed by atoms with E-state index >= 15 is 0 Å². The van der Waals surface area contributed by atoms with Crippen molar-refractivity contribution in [1.29, 1.82) is 0 Å². The summed E-state index contributed by atoms with van der Waals surface area (Å²) >= 11 is 0. The van der Waals surface area contributed by atoms with Crippen LogP contribution in [0.25, 0.3) is 11.0 Å². The topological polar surface area (TPSA) is 95.2 Å². The Hall–Kier alpha value is -2.47. The van der Waals surface area contributed by atoms with Crippen molar-refractivity contribution in [2.75, 3.05) is 0 Å². The first-order valence-electron chi connectivity index (χ1n) is 9.40. The first-order chi connectivity index (χ1) is 12.7. The van der Waals surface area contributed by atoms with Gasteiger partial charge >= 0.3 is 0 Å². The van der Waals surface area contributed by atoms with Crippen molar-refractivity contribution in [3.63, 3.8) is 0 Å². The predicted molar refractivity (Wildman–Crippen MR) is 101 cm³/mol. The third kappa shape index (κ3) is 2.07. The highest BCUT2D eigenvalue weighted by atomic mass is 16.5. The minimum Gasteiger partial charge on any atom is -0.460 e. The Kier molecular flexibility index (Phi) is 3.13. The molecule has 2 heterocycles. The van der Waals surface area contributed by atoms with Crippen LogP contribution < -0.4 is 11.2 Å². The maximum absolute atomic E-state index is 13.1. The van der Waals surface area contributed by atoms with Gasteiger partial charge in [0.1, 0.15) is 11.3 Å². The van der Waals surface area contributed by atoms with Crippen molar-refractivity contribution in [3.8, 4) is 0 Å². The molecule has 0 aliphatic heterocycles. The maximum Gasteiger partial charge on any atom is 0.232 e. The zero-order chi connectivity index (χ0) is 19.1. The molecule has 3 aromatic rings. The van der Waals surface area contributed by atoms with E-state index in [0.29, 0.717) is 22.4 Å². The van der Waals surface area contributed by atoms with E-state index in [-0.39, 0.29) is 22.3 Å². The van der Waals surface area contributed by atoms with Crippen LogP contribution in [0.1, 0.15) is 66.4 Å². The van der Waals surface area contributed by atoms with Crippen molar-refractivity contribution in [2.45, 2.75) is 63.8 Å². The summed E-state index contributed by atoms with van der Waals surface area (Å²) in [5.74, 6) is 2.19. The fourth-order valence-electron chi connectivity index (χ4n) is 5.18. The summed E-state index contributed by atoms with van der Waals surface area (Å²) in [5.41, 5.74) is 9.31. The van der Waals surface area contributed by atoms with Crippen LogP contribution in [0.3, 0.4) is 0 Å². The molecule has 0 amide bonds. The average Bonchev–Trinajstić information content (AvgIpc) is 2.95. The number of hydrogen-bond acceptors (Lipinski definition) is 6. The van der Waals surface area contributed by atoms with Crippen LogP contribution in [0.5, 0.6) is 0 Å². The Balaban J connectivity index is 1.62. The van der Waals surface area contributed by atoms with Gasteiger partial charge in [-0.1, -0.05) is 11.2 Å². The number of nitrogens with two attached hydrogens (primary N) is 1. The number of rotatable bonds is 3. The summed E-state index contributed by atoms with van der Waals surface area (Å²) in [6.07, 6.45) is 2.66. The minimum atomic E-state index is -0.202. The Labute approximate surface area is 156 Å². The molecule has 2 aromatic heterocycles. The molecular formula is C21H23N3O3. The van der Waals surface area contributed by atoms with Gasteiger partial charge in [0.2, 0.25) is 5.89 Å². The molecule has 1 atom stereocenters. The average molecular weight is 365 g/mol. The number of aromatic nitrogens is 2. The minimum absolute atomic E-state index is 0.0432. The smallest absolute Gasteiger partial charge is 0.232 e. The van der Waals surface area contributed by atoms with E-state index in [9.17, 15) is 4.79 Å². The number of aryl methyl sites for hydroxylation is 2. The second-order valence-corrected chi connectivity index (χ2v) is 8.64. The molecule has 27 heavy (non-hydrogen) atoms. The van der Waals surface area contributed by atoms with Crippen molar-refractivity contribution in [1.82, 2.24) is 10.1 Å². The second kappa shape index (κ2) is 5.07. The Morgan fingerprint density at radius 2 is 1.85 bits per heavy atom. The predicted octanol–water partition coefficient (Wildman–Crippen LogP) is 3.49. The molecule has 3 saturated carbocycles. The molecule has 0 saturated heterocycles. The van der Waals surface area contributed by atoms with Crippen LogP contribution in [0.2, 0.25) is 0 Å². The summed E-state index contributed by atoms with van der Waals surface area (Å²) in [6, 6.07) is 3.71. The van der Waals surface area contributed by atoms with E-state index in [0.717, 1.165) is 42.0 Å². The largest absolute Gasteiger partial charge is 0.460 e. The molecule has 1 aromatic carbocycles. The number of nitrogens with zero attached hydrogens (tertiary/aromatic N) is 2. The van der Waals surface area contributed by atoms with Crippen molar-refractivity contribution < 1.29 is 8.94 Å². The SMILES string of the molecule is Cc1cc([C@@H](C)N)c2oc(C34CC(c5nc(C)no5)(C3)C4)c(C)c(=O)c2c1. The van der Waals surface area contributed by atoms with Gasteiger partial charge in [0, 0.05) is 22.6 Å². The van der Waals surface area contributed by atoms with E-state index in [1.165, 1.54) is 0 Å². The number of benzene rings is 1. The van der Waals surface area contributed by atoms with Crippen LogP contribution in [-0.4, -0.2) is 10.1 Å². The first kappa shape index (κ1) is 16.7. The molecule has 2 bridgehead atoms. The monoisotopic (exact) mass is 365 g/mol. The van der Waals surface area contributed by atoms with Gasteiger partial charge < -0.3 is 14.7 Å². The summed E-state index contributed by atoms with van der Waals surface area (Å²) in [7, 11) is 0. The van der Waals surface area contributed by atoms with Crippen LogP contribution in [-0.2, 0) is 10.8 Å². The first-order valence-corrected chi connectivity index (χ1v) is 9.40. The Morgan fingerprint density at radius 1 is 1.15 bits per heavy atom. The van der Waals surface area contributed by atoms with Gasteiger partial charge in [0.15, 0.2) is 11.3 Å². The molecular weight excluding hydrogens is 342 g/mol. The maximum atomic E-state index is 13.1. The fourth-order valence-corrected chi connectivity index (χ4v) is 5.18. The van der Waals surface area contributed by atoms with Gasteiger partial charge in [-0.05, 0) is 58.6 Å². The third-order valence-electron chi connectivity index (χ3n) is 6.38. The quantitative estimate of drug-likeness (QED) is 0.763. The van der Waals surface area contributed by atoms with E-state index in [1.807, 2.05) is 39.8 Å². The van der Waals surface area contributed by atoms with Crippen molar-refractivity contribution in [2.24, 2.45) is 5.73 Å². The zero-order valence-electron chi connectivity index (χ0n) is 16.0. The lowest BCUT2D eigenvalue weighted by molar-refractivity contribution is -0.102. The molecule has 0 unspecified atom stereocenters. The third-order valence-corrected chi connectivity index (χ3v) is 6.38. The Morgan fingerprint density at radius 3 is 2.44 bits per heavy atom. The lowest BCUT2D eigenvalue weighted by Crippen LogP contribution is -2.67. The van der Waals surface area contributed by atoms with Crippen LogP contribution in [0, 0.1) is 20.8 Å². The molecule has 6 heteroatoms. The summed E-state index contributed by atoms with van der Waals surface area (Å²) in [5, 5.41) is 4.55. The molecule has 3 aliphatic carbocycles. The standard InChI is InChI=1S/C21H23N3O3/c1-10-5-14(12(3)22)17-15(6-10)16(25)11(2)18(26-17)20-7-21(8-20,9-20)19-23-13(4)24-27-19/h5-6,12H,7-9,22H2,1-4H3/t12-,20?,21?/m1/s1. The van der Waals surface area contributed by atoms with Crippen molar-refractivity contribution >= 4 is 11.0 Å². The fraction of sp³-hybridized carbons (Fsp3) is 0.476.